The zero-order chi connectivity index (χ0) is 16.7. The Kier molecular flexibility index (Phi) is 6.23. The third-order valence-electron chi connectivity index (χ3n) is 2.93. The third kappa shape index (κ3) is 5.45. The number of anilines is 1. The summed E-state index contributed by atoms with van der Waals surface area (Å²) in [5, 5.41) is 2.77. The second-order valence-corrected chi connectivity index (χ2v) is 5.75. The van der Waals surface area contributed by atoms with Crippen molar-refractivity contribution < 1.29 is 14.3 Å². The number of carbonyl (C=O) groups excluding carboxylic acids is 1. The molecule has 1 amide bonds. The van der Waals surface area contributed by atoms with Crippen LogP contribution in [0.2, 0.25) is 0 Å². The smallest absolute Gasteiger partial charge is 0.262 e. The standard InChI is InChI=1S/C18H18BrNO3/c1-3-9-22-15-6-4-5-14(11-15)20-18(21)12-23-17-8-7-13(2)10-16(17)19/h3-8,10-11H,1,9,12H2,2H3,(H,20,21). The molecule has 5 heteroatoms. The summed E-state index contributed by atoms with van der Waals surface area (Å²) in [5.74, 6) is 1.07. The quantitative estimate of drug-likeness (QED) is 0.732. The molecule has 0 atom stereocenters. The van der Waals surface area contributed by atoms with Gasteiger partial charge in [-0.2, -0.15) is 0 Å². The molecule has 0 unspecified atom stereocenters. The Hall–Kier alpha value is -2.27. The van der Waals surface area contributed by atoms with Crippen molar-refractivity contribution in [2.75, 3.05) is 18.5 Å². The van der Waals surface area contributed by atoms with Gasteiger partial charge in [0.15, 0.2) is 6.61 Å². The van der Waals surface area contributed by atoms with E-state index in [1.807, 2.05) is 37.3 Å². The van der Waals surface area contributed by atoms with E-state index in [0.29, 0.717) is 23.8 Å². The average Bonchev–Trinajstić information content (AvgIpc) is 2.52. The van der Waals surface area contributed by atoms with Gasteiger partial charge in [-0.05, 0) is 52.7 Å². The fourth-order valence-electron chi connectivity index (χ4n) is 1.88. The molecular formula is C18H18BrNO3. The summed E-state index contributed by atoms with van der Waals surface area (Å²) in [4.78, 5) is 12.0. The van der Waals surface area contributed by atoms with Gasteiger partial charge in [-0.3, -0.25) is 4.79 Å². The summed E-state index contributed by atoms with van der Waals surface area (Å²) in [5.41, 5.74) is 1.77. The maximum absolute atomic E-state index is 12.0. The van der Waals surface area contributed by atoms with Crippen LogP contribution >= 0.6 is 15.9 Å². The third-order valence-corrected chi connectivity index (χ3v) is 3.55. The van der Waals surface area contributed by atoms with Gasteiger partial charge in [0.05, 0.1) is 4.47 Å². The molecule has 0 heterocycles. The molecule has 0 aliphatic rings. The Bertz CT molecular complexity index is 700. The van der Waals surface area contributed by atoms with Crippen LogP contribution < -0.4 is 14.8 Å². The van der Waals surface area contributed by atoms with Crippen molar-refractivity contribution in [3.8, 4) is 11.5 Å². The number of amides is 1. The van der Waals surface area contributed by atoms with Gasteiger partial charge in [-0.15, -0.1) is 0 Å². The van der Waals surface area contributed by atoms with Crippen LogP contribution in [-0.4, -0.2) is 19.1 Å². The highest BCUT2D eigenvalue weighted by Crippen LogP contribution is 2.25. The maximum atomic E-state index is 12.0. The molecule has 0 saturated carbocycles. The molecule has 0 aliphatic heterocycles. The van der Waals surface area contributed by atoms with Gasteiger partial charge in [0.25, 0.3) is 5.91 Å². The van der Waals surface area contributed by atoms with Crippen LogP contribution in [0.4, 0.5) is 5.69 Å². The summed E-state index contributed by atoms with van der Waals surface area (Å²) in [6, 6.07) is 12.9. The zero-order valence-corrected chi connectivity index (χ0v) is 14.4. The van der Waals surface area contributed by atoms with Gasteiger partial charge in [-0.1, -0.05) is 24.8 Å². The first-order chi connectivity index (χ1) is 11.1. The first-order valence-corrected chi connectivity index (χ1v) is 7.90. The topological polar surface area (TPSA) is 47.6 Å². The molecule has 2 rings (SSSR count). The molecule has 0 saturated heterocycles. The molecule has 0 spiro atoms. The van der Waals surface area contributed by atoms with E-state index in [4.69, 9.17) is 9.47 Å². The van der Waals surface area contributed by atoms with Crippen LogP contribution in [-0.2, 0) is 4.79 Å². The Balaban J connectivity index is 1.90. The van der Waals surface area contributed by atoms with Crippen molar-refractivity contribution >= 4 is 27.5 Å². The van der Waals surface area contributed by atoms with E-state index in [1.54, 1.807) is 18.2 Å². The minimum absolute atomic E-state index is 0.0700. The summed E-state index contributed by atoms with van der Waals surface area (Å²) >= 11 is 3.42. The number of hydrogen-bond acceptors (Lipinski definition) is 3. The van der Waals surface area contributed by atoms with Gasteiger partial charge >= 0.3 is 0 Å². The number of aryl methyl sites for hydroxylation is 1. The fraction of sp³-hybridized carbons (Fsp3) is 0.167. The van der Waals surface area contributed by atoms with Gasteiger partial charge in [0.1, 0.15) is 18.1 Å². The number of rotatable bonds is 7. The van der Waals surface area contributed by atoms with Crippen molar-refractivity contribution in [2.45, 2.75) is 6.92 Å². The number of halogens is 1. The van der Waals surface area contributed by atoms with Crippen molar-refractivity contribution in [3.63, 3.8) is 0 Å². The zero-order valence-electron chi connectivity index (χ0n) is 12.8. The minimum atomic E-state index is -0.238. The molecule has 4 nitrogen and oxygen atoms in total. The van der Waals surface area contributed by atoms with Crippen LogP contribution in [0.1, 0.15) is 5.56 Å². The molecule has 0 aliphatic carbocycles. The Morgan fingerprint density at radius 2 is 2.09 bits per heavy atom. The molecule has 0 fully saturated rings. The molecule has 120 valence electrons. The van der Waals surface area contributed by atoms with Crippen LogP contribution in [0.25, 0.3) is 0 Å². The molecular weight excluding hydrogens is 358 g/mol. The van der Waals surface area contributed by atoms with Crippen molar-refractivity contribution in [2.24, 2.45) is 0 Å². The monoisotopic (exact) mass is 375 g/mol. The van der Waals surface area contributed by atoms with Crippen molar-refractivity contribution in [1.82, 2.24) is 0 Å². The lowest BCUT2D eigenvalue weighted by Gasteiger charge is -2.10. The van der Waals surface area contributed by atoms with E-state index >= 15 is 0 Å². The van der Waals surface area contributed by atoms with Gasteiger partial charge in [-0.25, -0.2) is 0 Å². The van der Waals surface area contributed by atoms with E-state index in [2.05, 4.69) is 27.8 Å². The molecule has 23 heavy (non-hydrogen) atoms. The van der Waals surface area contributed by atoms with E-state index in [0.717, 1.165) is 10.0 Å². The van der Waals surface area contributed by atoms with Gasteiger partial charge in [0.2, 0.25) is 0 Å². The normalized spacial score (nSPS) is 10.0. The molecule has 0 aromatic heterocycles. The predicted molar refractivity (Wildman–Crippen MR) is 95.1 cm³/mol. The van der Waals surface area contributed by atoms with Gasteiger partial charge < -0.3 is 14.8 Å². The maximum Gasteiger partial charge on any atom is 0.262 e. The predicted octanol–water partition coefficient (Wildman–Crippen LogP) is 4.34. The Labute approximate surface area is 144 Å². The van der Waals surface area contributed by atoms with E-state index in [9.17, 15) is 4.79 Å². The van der Waals surface area contributed by atoms with Crippen molar-refractivity contribution in [3.05, 3.63) is 65.2 Å². The lowest BCUT2D eigenvalue weighted by Crippen LogP contribution is -2.20. The lowest BCUT2D eigenvalue weighted by molar-refractivity contribution is -0.118. The molecule has 0 bridgehead atoms. The second-order valence-electron chi connectivity index (χ2n) is 4.90. The van der Waals surface area contributed by atoms with E-state index in [1.165, 1.54) is 0 Å². The summed E-state index contributed by atoms with van der Waals surface area (Å²) in [6.07, 6.45) is 1.67. The molecule has 2 aromatic rings. The first kappa shape index (κ1) is 17.1. The highest BCUT2D eigenvalue weighted by molar-refractivity contribution is 9.10. The minimum Gasteiger partial charge on any atom is -0.489 e. The number of benzene rings is 2. The Morgan fingerprint density at radius 1 is 1.26 bits per heavy atom. The number of hydrogen-bond donors (Lipinski definition) is 1. The average molecular weight is 376 g/mol. The number of ether oxygens (including phenoxy) is 2. The lowest BCUT2D eigenvalue weighted by atomic mass is 10.2. The first-order valence-electron chi connectivity index (χ1n) is 7.11. The number of carbonyl (C=O) groups is 1. The van der Waals surface area contributed by atoms with Crippen molar-refractivity contribution in [1.29, 1.82) is 0 Å². The van der Waals surface area contributed by atoms with Crippen LogP contribution in [0.3, 0.4) is 0 Å². The molecule has 0 radical (unpaired) electrons. The number of nitrogens with one attached hydrogen (secondary N) is 1. The largest absolute Gasteiger partial charge is 0.489 e. The highest BCUT2D eigenvalue weighted by Gasteiger charge is 2.07. The van der Waals surface area contributed by atoms with Crippen LogP contribution in [0.15, 0.2) is 59.6 Å². The SMILES string of the molecule is C=CCOc1cccc(NC(=O)COc2ccc(C)cc2Br)c1. The fourth-order valence-corrected chi connectivity index (χ4v) is 2.49. The van der Waals surface area contributed by atoms with E-state index in [-0.39, 0.29) is 12.5 Å². The summed E-state index contributed by atoms with van der Waals surface area (Å²) in [7, 11) is 0. The summed E-state index contributed by atoms with van der Waals surface area (Å²) in [6.45, 7) is 5.93. The second kappa shape index (κ2) is 8.39. The molecule has 2 aromatic carbocycles. The van der Waals surface area contributed by atoms with Gasteiger partial charge in [0, 0.05) is 11.8 Å². The Morgan fingerprint density at radius 3 is 2.83 bits per heavy atom. The molecule has 1 N–H and O–H groups in total. The highest BCUT2D eigenvalue weighted by atomic mass is 79.9. The summed E-state index contributed by atoms with van der Waals surface area (Å²) < 4.78 is 11.8. The van der Waals surface area contributed by atoms with Crippen LogP contribution in [0, 0.1) is 6.92 Å². The van der Waals surface area contributed by atoms with Crippen LogP contribution in [0.5, 0.6) is 11.5 Å². The van der Waals surface area contributed by atoms with E-state index < -0.39 is 0 Å².